The van der Waals surface area contributed by atoms with E-state index in [1.54, 1.807) is 0 Å². The van der Waals surface area contributed by atoms with Crippen molar-refractivity contribution >= 4 is 23.0 Å². The molecule has 0 fully saturated rings. The molecule has 1 aromatic carbocycles. The summed E-state index contributed by atoms with van der Waals surface area (Å²) < 4.78 is 0. The molecule has 0 saturated heterocycles. The first-order chi connectivity index (χ1) is 8.85. The van der Waals surface area contributed by atoms with Crippen LogP contribution in [0.15, 0.2) is 30.0 Å². The van der Waals surface area contributed by atoms with Crippen molar-refractivity contribution in [3.8, 4) is 0 Å². The molecule has 1 aliphatic heterocycles. The maximum Gasteiger partial charge on any atom is 0.178 e. The Balaban J connectivity index is 2.56. The molecular weight excluding hydrogens is 252 g/mol. The van der Waals surface area contributed by atoms with Gasteiger partial charge in [0.2, 0.25) is 0 Å². The monoisotopic (exact) mass is 274 g/mol. The van der Waals surface area contributed by atoms with Gasteiger partial charge in [-0.15, -0.1) is 0 Å². The van der Waals surface area contributed by atoms with Crippen molar-refractivity contribution in [3.63, 3.8) is 0 Å². The summed E-state index contributed by atoms with van der Waals surface area (Å²) in [5.74, 6) is 0. The molecule has 1 aliphatic rings. The van der Waals surface area contributed by atoms with Crippen LogP contribution < -0.4 is 10.2 Å². The van der Waals surface area contributed by atoms with E-state index >= 15 is 0 Å². The van der Waals surface area contributed by atoms with Gasteiger partial charge in [-0.2, -0.15) is 0 Å². The molecular formula is C16H22N2S. The molecule has 0 saturated carbocycles. The van der Waals surface area contributed by atoms with Crippen molar-refractivity contribution in [1.29, 1.82) is 0 Å². The molecule has 0 aromatic heterocycles. The molecule has 3 heteroatoms. The fraction of sp³-hybridized carbons (Fsp3) is 0.438. The number of anilines is 1. The van der Waals surface area contributed by atoms with E-state index in [0.717, 1.165) is 11.5 Å². The number of hydrogen-bond acceptors (Lipinski definition) is 1. The molecule has 0 spiro atoms. The molecule has 102 valence electrons. The highest BCUT2D eigenvalue weighted by molar-refractivity contribution is 7.80. The lowest BCUT2D eigenvalue weighted by Gasteiger charge is -2.39. The van der Waals surface area contributed by atoms with Crippen LogP contribution in [0.2, 0.25) is 0 Å². The summed E-state index contributed by atoms with van der Waals surface area (Å²) in [6, 6.07) is 6.43. The van der Waals surface area contributed by atoms with E-state index in [1.165, 1.54) is 22.5 Å². The summed E-state index contributed by atoms with van der Waals surface area (Å²) in [7, 11) is 0. The Hall–Kier alpha value is -1.35. The van der Waals surface area contributed by atoms with Crippen LogP contribution in [0.5, 0.6) is 0 Å². The summed E-state index contributed by atoms with van der Waals surface area (Å²) in [6.07, 6.45) is 3.24. The number of benzene rings is 1. The van der Waals surface area contributed by atoms with Gasteiger partial charge in [-0.25, -0.2) is 0 Å². The van der Waals surface area contributed by atoms with Gasteiger partial charge in [0.15, 0.2) is 5.11 Å². The van der Waals surface area contributed by atoms with Crippen molar-refractivity contribution in [2.75, 3.05) is 4.90 Å². The largest absolute Gasteiger partial charge is 0.354 e. The van der Waals surface area contributed by atoms with Crippen LogP contribution in [0, 0.1) is 6.92 Å². The quantitative estimate of drug-likeness (QED) is 0.823. The zero-order valence-electron chi connectivity index (χ0n) is 12.4. The van der Waals surface area contributed by atoms with Crippen molar-refractivity contribution in [3.05, 3.63) is 41.1 Å². The lowest BCUT2D eigenvalue weighted by atomic mass is 9.99. The molecule has 2 rings (SSSR count). The average molecular weight is 274 g/mol. The third-order valence-electron chi connectivity index (χ3n) is 3.48. The zero-order chi connectivity index (χ0) is 14.2. The number of rotatable bonds is 2. The molecule has 2 nitrogen and oxygen atoms in total. The highest BCUT2D eigenvalue weighted by Crippen LogP contribution is 2.32. The molecule has 1 aromatic rings. The summed E-state index contributed by atoms with van der Waals surface area (Å²) in [5.41, 5.74) is 4.93. The second-order valence-electron chi connectivity index (χ2n) is 5.71. The first-order valence-electron chi connectivity index (χ1n) is 6.76. The molecule has 1 heterocycles. The van der Waals surface area contributed by atoms with Gasteiger partial charge in [0, 0.05) is 5.70 Å². The van der Waals surface area contributed by atoms with E-state index in [0.29, 0.717) is 0 Å². The Kier molecular flexibility index (Phi) is 3.68. The SMILES string of the molecule is CCc1cccc(C)c1N1C(=S)NC(C)(C)C=C1C. The highest BCUT2D eigenvalue weighted by atomic mass is 32.1. The number of aryl methyl sites for hydroxylation is 2. The second-order valence-corrected chi connectivity index (χ2v) is 6.10. The van der Waals surface area contributed by atoms with Gasteiger partial charge in [-0.1, -0.05) is 25.1 Å². The number of nitrogens with one attached hydrogen (secondary N) is 1. The van der Waals surface area contributed by atoms with E-state index in [2.05, 4.69) is 69.1 Å². The van der Waals surface area contributed by atoms with Gasteiger partial charge >= 0.3 is 0 Å². The number of hydrogen-bond donors (Lipinski definition) is 1. The predicted octanol–water partition coefficient (Wildman–Crippen LogP) is 3.93. The van der Waals surface area contributed by atoms with E-state index in [1.807, 2.05) is 0 Å². The van der Waals surface area contributed by atoms with Crippen LogP contribution in [0.3, 0.4) is 0 Å². The first-order valence-corrected chi connectivity index (χ1v) is 7.17. The normalized spacial score (nSPS) is 18.1. The third-order valence-corrected chi connectivity index (χ3v) is 3.77. The Labute approximate surface area is 121 Å². The van der Waals surface area contributed by atoms with E-state index in [9.17, 15) is 0 Å². The molecule has 0 aliphatic carbocycles. The van der Waals surface area contributed by atoms with Gasteiger partial charge in [0.05, 0.1) is 11.2 Å². The minimum atomic E-state index is -0.0767. The first kappa shape index (κ1) is 14.1. The molecule has 1 N–H and O–H groups in total. The van der Waals surface area contributed by atoms with Crippen LogP contribution in [-0.4, -0.2) is 10.7 Å². The highest BCUT2D eigenvalue weighted by Gasteiger charge is 2.29. The van der Waals surface area contributed by atoms with E-state index in [4.69, 9.17) is 12.2 Å². The van der Waals surface area contributed by atoms with Gasteiger partial charge in [-0.05, 0) is 63.5 Å². The Bertz CT molecular complexity index is 544. The molecule has 0 atom stereocenters. The minimum Gasteiger partial charge on any atom is -0.354 e. The topological polar surface area (TPSA) is 15.3 Å². The number of thiocarbonyl (C=S) groups is 1. The van der Waals surface area contributed by atoms with Gasteiger partial charge in [0.25, 0.3) is 0 Å². The smallest absolute Gasteiger partial charge is 0.178 e. The van der Waals surface area contributed by atoms with Gasteiger partial charge < -0.3 is 5.32 Å². The molecule has 0 unspecified atom stereocenters. The summed E-state index contributed by atoms with van der Waals surface area (Å²) >= 11 is 5.58. The second kappa shape index (κ2) is 4.97. The average Bonchev–Trinajstić information content (AvgIpc) is 2.28. The van der Waals surface area contributed by atoms with Crippen molar-refractivity contribution in [2.45, 2.75) is 46.6 Å². The standard InChI is InChI=1S/C16H22N2S/c1-6-13-9-7-8-11(2)14(13)18-12(3)10-16(4,5)17-15(18)19/h7-10H,6H2,1-5H3,(H,17,19). The summed E-state index contributed by atoms with van der Waals surface area (Å²) in [4.78, 5) is 2.16. The van der Waals surface area contributed by atoms with Crippen LogP contribution in [0.25, 0.3) is 0 Å². The summed E-state index contributed by atoms with van der Waals surface area (Å²) in [6.45, 7) is 10.7. The fourth-order valence-corrected chi connectivity index (χ4v) is 3.22. The maximum absolute atomic E-state index is 5.58. The van der Waals surface area contributed by atoms with Crippen molar-refractivity contribution < 1.29 is 0 Å². The number of para-hydroxylation sites is 1. The Morgan fingerprint density at radius 3 is 2.53 bits per heavy atom. The maximum atomic E-state index is 5.58. The molecule has 19 heavy (non-hydrogen) atoms. The number of nitrogens with zero attached hydrogens (tertiary/aromatic N) is 1. The minimum absolute atomic E-state index is 0.0767. The predicted molar refractivity (Wildman–Crippen MR) is 86.6 cm³/mol. The third kappa shape index (κ3) is 2.66. The van der Waals surface area contributed by atoms with Crippen LogP contribution in [0.1, 0.15) is 38.8 Å². The Morgan fingerprint density at radius 2 is 1.95 bits per heavy atom. The van der Waals surface area contributed by atoms with Gasteiger partial charge in [-0.3, -0.25) is 4.90 Å². The lowest BCUT2D eigenvalue weighted by Crippen LogP contribution is -2.53. The van der Waals surface area contributed by atoms with Crippen LogP contribution in [-0.2, 0) is 6.42 Å². The fourth-order valence-electron chi connectivity index (χ4n) is 2.72. The molecule has 0 radical (unpaired) electrons. The molecule has 0 amide bonds. The van der Waals surface area contributed by atoms with E-state index in [-0.39, 0.29) is 5.54 Å². The molecule has 0 bridgehead atoms. The van der Waals surface area contributed by atoms with Crippen LogP contribution >= 0.6 is 12.2 Å². The Morgan fingerprint density at radius 1 is 1.26 bits per heavy atom. The lowest BCUT2D eigenvalue weighted by molar-refractivity contribution is 0.559. The number of allylic oxidation sites excluding steroid dienone is 1. The summed E-state index contributed by atoms with van der Waals surface area (Å²) in [5, 5.41) is 4.18. The van der Waals surface area contributed by atoms with Crippen molar-refractivity contribution in [2.24, 2.45) is 0 Å². The zero-order valence-corrected chi connectivity index (χ0v) is 13.2. The van der Waals surface area contributed by atoms with Crippen LogP contribution in [0.4, 0.5) is 5.69 Å². The van der Waals surface area contributed by atoms with Gasteiger partial charge in [0.1, 0.15) is 0 Å². The van der Waals surface area contributed by atoms with Crippen molar-refractivity contribution in [1.82, 2.24) is 5.32 Å². The van der Waals surface area contributed by atoms with E-state index < -0.39 is 0 Å².